The molecule has 0 amide bonds. The molecule has 1 aliphatic heterocycles. The zero-order chi connectivity index (χ0) is 32.7. The maximum absolute atomic E-state index is 13.8. The van der Waals surface area contributed by atoms with Crippen LogP contribution in [-0.4, -0.2) is 56.6 Å². The van der Waals surface area contributed by atoms with E-state index < -0.39 is 36.1 Å². The van der Waals surface area contributed by atoms with Crippen LogP contribution in [0.25, 0.3) is 16.4 Å². The molecular formula is C31H30F6N4O3S. The molecule has 0 saturated carbocycles. The third kappa shape index (κ3) is 7.17. The smallest absolute Gasteiger partial charge is 0.434 e. The molecule has 0 atom stereocenters. The van der Waals surface area contributed by atoms with Gasteiger partial charge in [0.15, 0.2) is 11.5 Å². The number of carbonyl (C=O) groups is 1. The normalized spacial score (nSPS) is 15.0. The molecule has 3 aromatic heterocycles. The van der Waals surface area contributed by atoms with Crippen molar-refractivity contribution in [1.82, 2.24) is 19.7 Å². The Bertz CT molecular complexity index is 1700. The highest BCUT2D eigenvalue weighted by Gasteiger charge is 2.41. The van der Waals surface area contributed by atoms with E-state index in [0.29, 0.717) is 53.1 Å². The van der Waals surface area contributed by atoms with Crippen LogP contribution in [0.3, 0.4) is 0 Å². The predicted octanol–water partition coefficient (Wildman–Crippen LogP) is 7.96. The molecule has 1 fully saturated rings. The fourth-order valence-corrected chi connectivity index (χ4v) is 6.73. The largest absolute Gasteiger partial charge is 0.489 e. The second kappa shape index (κ2) is 12.5. The number of piperidine rings is 1. The maximum atomic E-state index is 13.8. The summed E-state index contributed by atoms with van der Waals surface area (Å²) >= 11 is 1.42. The molecule has 7 nitrogen and oxygen atoms in total. The molecule has 0 unspecified atom stereocenters. The van der Waals surface area contributed by atoms with Crippen molar-refractivity contribution in [3.63, 3.8) is 0 Å². The third-order valence-corrected chi connectivity index (χ3v) is 9.27. The number of alkyl halides is 6. The van der Waals surface area contributed by atoms with Crippen LogP contribution in [0.4, 0.5) is 26.3 Å². The number of aromatic nitrogens is 3. The fraction of sp³-hybridized carbons (Fsp3) is 0.387. The molecule has 240 valence electrons. The number of aryl methyl sites for hydroxylation is 2. The van der Waals surface area contributed by atoms with Crippen molar-refractivity contribution in [2.45, 2.75) is 58.5 Å². The summed E-state index contributed by atoms with van der Waals surface area (Å²) in [4.78, 5) is 19.0. The van der Waals surface area contributed by atoms with Crippen LogP contribution >= 0.6 is 11.3 Å². The zero-order valence-corrected chi connectivity index (χ0v) is 25.4. The number of hydrogen-bond acceptors (Lipinski definition) is 6. The third-order valence-electron chi connectivity index (χ3n) is 8.00. The summed E-state index contributed by atoms with van der Waals surface area (Å²) in [5.41, 5.74) is 1.68. The first-order chi connectivity index (χ1) is 21.1. The Morgan fingerprint density at radius 1 is 1.07 bits per heavy atom. The first-order valence-corrected chi connectivity index (χ1v) is 14.9. The lowest BCUT2D eigenvalue weighted by atomic mass is 9.88. The van der Waals surface area contributed by atoms with Crippen molar-refractivity contribution in [2.24, 2.45) is 0 Å². The van der Waals surface area contributed by atoms with Gasteiger partial charge in [0.2, 0.25) is 0 Å². The second-order valence-electron chi connectivity index (χ2n) is 11.1. The van der Waals surface area contributed by atoms with Gasteiger partial charge in [0.25, 0.3) is 0 Å². The number of carboxylic acids is 1. The molecule has 1 saturated heterocycles. The number of likely N-dealkylation sites (tertiary alicyclic amines) is 1. The fourth-order valence-electron chi connectivity index (χ4n) is 5.59. The standard InChI is InChI=1S/C31H30F6N4O3S/c1-17-13-21(20-9-11-40(12-10-20)16-30(32,33)34)7-8-25(17)44-15-23-18(2)19(3)45-27(23)24-5-4-6-26(39-24)41-28(31(35,36)37)22(14-38-41)29(42)43/h4-8,13-14,20H,9-12,15-16H2,1-3H3,(H,42,43). The number of halogens is 6. The van der Waals surface area contributed by atoms with Crippen LogP contribution in [0.5, 0.6) is 5.75 Å². The Labute approximate surface area is 259 Å². The van der Waals surface area contributed by atoms with E-state index >= 15 is 0 Å². The lowest BCUT2D eigenvalue weighted by molar-refractivity contribution is -0.148. The van der Waals surface area contributed by atoms with E-state index in [1.807, 2.05) is 39.0 Å². The van der Waals surface area contributed by atoms with E-state index in [0.717, 1.165) is 27.1 Å². The number of benzene rings is 1. The van der Waals surface area contributed by atoms with Crippen LogP contribution in [0, 0.1) is 20.8 Å². The van der Waals surface area contributed by atoms with Gasteiger partial charge in [0.1, 0.15) is 17.9 Å². The van der Waals surface area contributed by atoms with Gasteiger partial charge in [-0.15, -0.1) is 11.3 Å². The van der Waals surface area contributed by atoms with Gasteiger partial charge in [0.05, 0.1) is 23.3 Å². The van der Waals surface area contributed by atoms with Gasteiger partial charge < -0.3 is 9.84 Å². The quantitative estimate of drug-likeness (QED) is 0.195. The number of pyridine rings is 1. The molecule has 0 radical (unpaired) electrons. The Hall–Kier alpha value is -3.91. The number of thiophene rings is 1. The van der Waals surface area contributed by atoms with Crippen molar-refractivity contribution in [2.75, 3.05) is 19.6 Å². The Morgan fingerprint density at radius 2 is 1.78 bits per heavy atom. The number of carboxylic acid groups (broad SMARTS) is 1. The molecule has 1 N–H and O–H groups in total. The van der Waals surface area contributed by atoms with Crippen LogP contribution in [0.2, 0.25) is 0 Å². The highest BCUT2D eigenvalue weighted by molar-refractivity contribution is 7.15. The molecule has 0 aliphatic carbocycles. The molecule has 1 aliphatic rings. The minimum absolute atomic E-state index is 0.159. The lowest BCUT2D eigenvalue weighted by Gasteiger charge is -2.32. The highest BCUT2D eigenvalue weighted by Crippen LogP contribution is 2.38. The van der Waals surface area contributed by atoms with Crippen molar-refractivity contribution in [3.05, 3.63) is 81.0 Å². The molecular weight excluding hydrogens is 622 g/mol. The summed E-state index contributed by atoms with van der Waals surface area (Å²) in [6.45, 7) is 5.79. The van der Waals surface area contributed by atoms with Crippen LogP contribution in [0.15, 0.2) is 42.6 Å². The van der Waals surface area contributed by atoms with E-state index in [4.69, 9.17) is 4.74 Å². The van der Waals surface area contributed by atoms with E-state index in [1.54, 1.807) is 6.07 Å². The van der Waals surface area contributed by atoms with Gasteiger partial charge in [-0.1, -0.05) is 18.2 Å². The summed E-state index contributed by atoms with van der Waals surface area (Å²) in [5, 5.41) is 12.9. The van der Waals surface area contributed by atoms with Crippen molar-refractivity contribution >= 4 is 17.3 Å². The van der Waals surface area contributed by atoms with Crippen molar-refractivity contribution in [3.8, 4) is 22.1 Å². The molecule has 45 heavy (non-hydrogen) atoms. The van der Waals surface area contributed by atoms with Crippen molar-refractivity contribution < 1.29 is 41.0 Å². The van der Waals surface area contributed by atoms with E-state index in [2.05, 4.69) is 10.1 Å². The molecule has 4 heterocycles. The molecule has 5 rings (SSSR count). The number of hydrogen-bond donors (Lipinski definition) is 1. The first-order valence-electron chi connectivity index (χ1n) is 14.1. The summed E-state index contributed by atoms with van der Waals surface area (Å²) in [5.74, 6) is -1.13. The minimum atomic E-state index is -4.98. The van der Waals surface area contributed by atoms with Crippen LogP contribution < -0.4 is 4.74 Å². The first kappa shape index (κ1) is 32.5. The molecule has 0 spiro atoms. The van der Waals surface area contributed by atoms with Gasteiger partial charge >= 0.3 is 18.3 Å². The monoisotopic (exact) mass is 652 g/mol. The summed E-state index contributed by atoms with van der Waals surface area (Å²) in [7, 11) is 0. The number of rotatable bonds is 8. The van der Waals surface area contributed by atoms with E-state index in [1.165, 1.54) is 28.4 Å². The highest BCUT2D eigenvalue weighted by atomic mass is 32.1. The molecule has 14 heteroatoms. The van der Waals surface area contributed by atoms with E-state index in [-0.39, 0.29) is 18.3 Å². The Morgan fingerprint density at radius 3 is 2.40 bits per heavy atom. The summed E-state index contributed by atoms with van der Waals surface area (Å²) < 4.78 is 86.4. The average Bonchev–Trinajstić information content (AvgIpc) is 3.54. The number of nitrogens with zero attached hydrogens (tertiary/aromatic N) is 4. The predicted molar refractivity (Wildman–Crippen MR) is 156 cm³/mol. The van der Waals surface area contributed by atoms with Gasteiger partial charge in [-0.3, -0.25) is 4.90 Å². The SMILES string of the molecule is Cc1cc(C2CCN(CC(F)(F)F)CC2)ccc1OCc1c(-c2cccc(-n3ncc(C(=O)O)c3C(F)(F)F)n2)sc(C)c1C. The summed E-state index contributed by atoms with van der Waals surface area (Å²) in [6.07, 6.45) is -7.25. The Kier molecular flexibility index (Phi) is 9.00. The maximum Gasteiger partial charge on any atom is 0.434 e. The summed E-state index contributed by atoms with van der Waals surface area (Å²) in [6, 6.07) is 10.3. The average molecular weight is 653 g/mol. The zero-order valence-electron chi connectivity index (χ0n) is 24.6. The van der Waals surface area contributed by atoms with E-state index in [9.17, 15) is 36.2 Å². The lowest BCUT2D eigenvalue weighted by Crippen LogP contribution is -2.39. The molecule has 4 aromatic rings. The molecule has 0 bridgehead atoms. The van der Waals surface area contributed by atoms with Gasteiger partial charge in [-0.05, 0) is 87.5 Å². The van der Waals surface area contributed by atoms with Gasteiger partial charge in [0, 0.05) is 10.4 Å². The topological polar surface area (TPSA) is 80.5 Å². The van der Waals surface area contributed by atoms with Gasteiger partial charge in [-0.25, -0.2) is 14.5 Å². The second-order valence-corrected chi connectivity index (χ2v) is 12.3. The van der Waals surface area contributed by atoms with Crippen molar-refractivity contribution in [1.29, 1.82) is 0 Å². The van der Waals surface area contributed by atoms with Crippen LogP contribution in [-0.2, 0) is 12.8 Å². The minimum Gasteiger partial charge on any atom is -0.489 e. The number of ether oxygens (including phenoxy) is 1. The van der Waals surface area contributed by atoms with Gasteiger partial charge in [-0.2, -0.15) is 31.4 Å². The van der Waals surface area contributed by atoms with Crippen LogP contribution in [0.1, 0.15) is 61.9 Å². The molecule has 1 aromatic carbocycles. The Balaban J connectivity index is 1.35. The number of aromatic carboxylic acids is 1.